The number of carbonyl (C=O) groups excluding carboxylic acids is 3. The van der Waals surface area contributed by atoms with Crippen LogP contribution in [0.4, 0.5) is 15.0 Å². The van der Waals surface area contributed by atoms with Crippen molar-refractivity contribution >= 4 is 23.7 Å². The number of hydrogen-bond acceptors (Lipinski definition) is 6. The van der Waals surface area contributed by atoms with Crippen LogP contribution in [0.3, 0.4) is 0 Å². The number of carbonyl (C=O) groups is 3. The number of alkyl halides is 1. The molecule has 34 heavy (non-hydrogen) atoms. The normalized spacial score (nSPS) is 20.5. The van der Waals surface area contributed by atoms with Crippen molar-refractivity contribution in [2.24, 2.45) is 7.05 Å². The largest absolute Gasteiger partial charge is 0.444 e. The summed E-state index contributed by atoms with van der Waals surface area (Å²) in [7, 11) is 1.69. The predicted molar refractivity (Wildman–Crippen MR) is 123 cm³/mol. The lowest BCUT2D eigenvalue weighted by Crippen LogP contribution is -2.67. The number of alkyl carbamates (subject to hydrolysis) is 1. The molecule has 0 aromatic carbocycles. The van der Waals surface area contributed by atoms with E-state index in [-0.39, 0.29) is 12.2 Å². The summed E-state index contributed by atoms with van der Waals surface area (Å²) in [5.41, 5.74) is -3.57. The highest BCUT2D eigenvalue weighted by molar-refractivity contribution is 5.95. The van der Waals surface area contributed by atoms with E-state index in [0.717, 1.165) is 0 Å². The summed E-state index contributed by atoms with van der Waals surface area (Å²) in [6.07, 6.45) is 2.57. The number of ether oxygens (including phenoxy) is 1. The van der Waals surface area contributed by atoms with Crippen LogP contribution in [0.1, 0.15) is 72.1 Å². The predicted octanol–water partition coefficient (Wildman–Crippen LogP) is 2.32. The van der Waals surface area contributed by atoms with Crippen LogP contribution in [0.25, 0.3) is 0 Å². The van der Waals surface area contributed by atoms with Gasteiger partial charge in [0.2, 0.25) is 5.91 Å². The third-order valence-corrected chi connectivity index (χ3v) is 6.43. The molecule has 2 atom stereocenters. The highest BCUT2D eigenvalue weighted by Crippen LogP contribution is 2.39. The summed E-state index contributed by atoms with van der Waals surface area (Å²) in [5, 5.41) is 22.7. The van der Waals surface area contributed by atoms with Crippen molar-refractivity contribution in [1.82, 2.24) is 20.4 Å². The molecule has 4 N–H and O–H groups in total. The van der Waals surface area contributed by atoms with Crippen LogP contribution in [-0.2, 0) is 21.4 Å². The summed E-state index contributed by atoms with van der Waals surface area (Å²) in [6, 6.07) is 0.376. The molecule has 3 amide bonds. The molecule has 1 aromatic heterocycles. The Kier molecular flexibility index (Phi) is 7.54. The molecule has 2 aliphatic carbocycles. The van der Waals surface area contributed by atoms with Crippen LogP contribution < -0.4 is 16.0 Å². The van der Waals surface area contributed by atoms with Crippen LogP contribution in [0, 0.1) is 0 Å². The Balaban J connectivity index is 1.71. The van der Waals surface area contributed by atoms with Crippen molar-refractivity contribution in [2.45, 2.75) is 101 Å². The maximum Gasteiger partial charge on any atom is 0.408 e. The SMILES string of the molecule is Cn1ccc(NC(=O)C(O)C2(NC(=O)[C@@H](CC3(F)CCCC3)NC(=O)OC(C)(C)C)CCC2)n1. The Morgan fingerprint density at radius 1 is 1.18 bits per heavy atom. The van der Waals surface area contributed by atoms with Gasteiger partial charge in [-0.15, -0.1) is 0 Å². The number of anilines is 1. The van der Waals surface area contributed by atoms with Crippen molar-refractivity contribution in [3.05, 3.63) is 12.3 Å². The first-order valence-corrected chi connectivity index (χ1v) is 11.8. The number of rotatable bonds is 8. The second-order valence-corrected chi connectivity index (χ2v) is 10.5. The number of amides is 3. The lowest BCUT2D eigenvalue weighted by atomic mass is 9.72. The summed E-state index contributed by atoms with van der Waals surface area (Å²) >= 11 is 0. The monoisotopic (exact) mass is 481 g/mol. The molecule has 1 heterocycles. The van der Waals surface area contributed by atoms with E-state index in [1.807, 2.05) is 0 Å². The van der Waals surface area contributed by atoms with Gasteiger partial charge in [-0.2, -0.15) is 5.10 Å². The summed E-state index contributed by atoms with van der Waals surface area (Å²) < 4.78 is 22.0. The van der Waals surface area contributed by atoms with Gasteiger partial charge in [-0.05, 0) is 52.9 Å². The lowest BCUT2D eigenvalue weighted by Gasteiger charge is -2.45. The molecule has 3 rings (SSSR count). The van der Waals surface area contributed by atoms with Crippen LogP contribution >= 0.6 is 0 Å². The summed E-state index contributed by atoms with van der Waals surface area (Å²) in [4.78, 5) is 38.3. The fourth-order valence-corrected chi connectivity index (χ4v) is 4.52. The molecule has 0 bridgehead atoms. The van der Waals surface area contributed by atoms with Gasteiger partial charge in [-0.25, -0.2) is 9.18 Å². The Morgan fingerprint density at radius 3 is 2.32 bits per heavy atom. The molecular formula is C23H36FN5O5. The molecule has 190 valence electrons. The topological polar surface area (TPSA) is 135 Å². The standard InChI is InChI=1S/C23H36FN5O5/c1-21(2,3)34-20(33)25-15(14-22(24)9-5-6-10-22)18(31)27-23(11-7-12-23)17(30)19(32)26-16-8-13-29(4)28-16/h8,13,15,17,30H,5-7,9-12,14H2,1-4H3,(H,25,33)(H,27,31)(H,26,28,32)/t15-,17?/m1/s1. The smallest absolute Gasteiger partial charge is 0.408 e. The van der Waals surface area contributed by atoms with Gasteiger partial charge in [0, 0.05) is 25.7 Å². The molecule has 0 aliphatic heterocycles. The van der Waals surface area contributed by atoms with Crippen molar-refractivity contribution in [2.75, 3.05) is 5.32 Å². The number of nitrogens with one attached hydrogen (secondary N) is 3. The first-order valence-electron chi connectivity index (χ1n) is 11.8. The van der Waals surface area contributed by atoms with Crippen LogP contribution in [0.15, 0.2) is 12.3 Å². The molecule has 2 saturated carbocycles. The van der Waals surface area contributed by atoms with Gasteiger partial charge in [0.25, 0.3) is 5.91 Å². The molecule has 10 nitrogen and oxygen atoms in total. The van der Waals surface area contributed by atoms with Gasteiger partial charge in [-0.1, -0.05) is 12.8 Å². The highest BCUT2D eigenvalue weighted by Gasteiger charge is 2.50. The molecule has 0 saturated heterocycles. The molecule has 2 aliphatic rings. The van der Waals surface area contributed by atoms with Crippen molar-refractivity contribution in [1.29, 1.82) is 0 Å². The number of hydrogen-bond donors (Lipinski definition) is 4. The van der Waals surface area contributed by atoms with Gasteiger partial charge in [0.15, 0.2) is 11.9 Å². The molecule has 11 heteroatoms. The van der Waals surface area contributed by atoms with E-state index in [0.29, 0.717) is 44.9 Å². The average molecular weight is 482 g/mol. The number of aromatic nitrogens is 2. The summed E-state index contributed by atoms with van der Waals surface area (Å²) in [5.74, 6) is -1.08. The van der Waals surface area contributed by atoms with Gasteiger partial charge in [0.05, 0.1) is 5.54 Å². The third-order valence-electron chi connectivity index (χ3n) is 6.43. The van der Waals surface area contributed by atoms with Crippen LogP contribution in [0.2, 0.25) is 0 Å². The van der Waals surface area contributed by atoms with Crippen molar-refractivity contribution < 1.29 is 28.6 Å². The van der Waals surface area contributed by atoms with E-state index in [2.05, 4.69) is 21.0 Å². The van der Waals surface area contributed by atoms with E-state index in [9.17, 15) is 19.5 Å². The first-order chi connectivity index (χ1) is 15.8. The Morgan fingerprint density at radius 2 is 1.82 bits per heavy atom. The molecular weight excluding hydrogens is 445 g/mol. The lowest BCUT2D eigenvalue weighted by molar-refractivity contribution is -0.137. The van der Waals surface area contributed by atoms with Gasteiger partial charge in [0.1, 0.15) is 17.3 Å². The highest BCUT2D eigenvalue weighted by atomic mass is 19.1. The van der Waals surface area contributed by atoms with Gasteiger partial charge in [-0.3, -0.25) is 14.3 Å². The number of halogens is 1. The number of nitrogens with zero attached hydrogens (tertiary/aromatic N) is 2. The zero-order valence-corrected chi connectivity index (χ0v) is 20.3. The summed E-state index contributed by atoms with van der Waals surface area (Å²) in [6.45, 7) is 5.07. The minimum Gasteiger partial charge on any atom is -0.444 e. The van der Waals surface area contributed by atoms with E-state index < -0.39 is 46.9 Å². The van der Waals surface area contributed by atoms with Crippen molar-refractivity contribution in [3.63, 3.8) is 0 Å². The number of aliphatic hydroxyl groups excluding tert-OH is 1. The van der Waals surface area contributed by atoms with E-state index >= 15 is 4.39 Å². The molecule has 1 aromatic rings. The quantitative estimate of drug-likeness (QED) is 0.450. The Labute approximate surface area is 199 Å². The average Bonchev–Trinajstić information content (AvgIpc) is 3.30. The first kappa shape index (κ1) is 25.9. The second-order valence-electron chi connectivity index (χ2n) is 10.5. The van der Waals surface area contributed by atoms with Gasteiger partial charge < -0.3 is 25.8 Å². The molecule has 2 fully saturated rings. The van der Waals surface area contributed by atoms with Crippen molar-refractivity contribution in [3.8, 4) is 0 Å². The maximum absolute atomic E-state index is 15.3. The third kappa shape index (κ3) is 6.46. The van der Waals surface area contributed by atoms with E-state index in [4.69, 9.17) is 4.74 Å². The van der Waals surface area contributed by atoms with Crippen LogP contribution in [-0.4, -0.2) is 61.7 Å². The zero-order chi connectivity index (χ0) is 25.1. The minimum absolute atomic E-state index is 0.204. The zero-order valence-electron chi connectivity index (χ0n) is 20.3. The fraction of sp³-hybridized carbons (Fsp3) is 0.739. The van der Waals surface area contributed by atoms with Gasteiger partial charge >= 0.3 is 6.09 Å². The fourth-order valence-electron chi connectivity index (χ4n) is 4.52. The minimum atomic E-state index is -1.57. The Hall–Kier alpha value is -2.69. The molecule has 1 unspecified atom stereocenters. The van der Waals surface area contributed by atoms with E-state index in [1.165, 1.54) is 4.68 Å². The Bertz CT molecular complexity index is 902. The molecule has 0 spiro atoms. The maximum atomic E-state index is 15.3. The van der Waals surface area contributed by atoms with E-state index in [1.54, 1.807) is 40.1 Å². The number of aliphatic hydroxyl groups is 1. The second kappa shape index (κ2) is 9.89. The molecule has 0 radical (unpaired) electrons. The van der Waals surface area contributed by atoms with Crippen LogP contribution in [0.5, 0.6) is 0 Å². The number of aryl methyl sites for hydroxylation is 1.